The van der Waals surface area contributed by atoms with Gasteiger partial charge in [0.25, 0.3) is 11.7 Å². The van der Waals surface area contributed by atoms with Crippen LogP contribution in [0.4, 0.5) is 8.78 Å². The molecule has 3 nitrogen and oxygen atoms in total. The number of hydrogen-bond acceptors (Lipinski definition) is 4. The molecule has 1 heterocycles. The van der Waals surface area contributed by atoms with Crippen LogP contribution in [0, 0.1) is 6.92 Å². The van der Waals surface area contributed by atoms with E-state index in [1.54, 1.807) is 12.1 Å². The summed E-state index contributed by atoms with van der Waals surface area (Å²) in [6.07, 6.45) is 0. The molecule has 0 aliphatic heterocycles. The minimum Gasteiger partial charge on any atom is -0.344 e. The first-order valence-electron chi connectivity index (χ1n) is 6.23. The number of rotatable bonds is 5. The predicted molar refractivity (Wildman–Crippen MR) is 81.0 cm³/mol. The largest absolute Gasteiger partial charge is 0.344 e. The molecule has 0 saturated heterocycles. The van der Waals surface area contributed by atoms with Gasteiger partial charge < -0.3 is 5.32 Å². The Morgan fingerprint density at radius 3 is 2.52 bits per heavy atom. The Hall–Kier alpha value is -1.47. The van der Waals surface area contributed by atoms with Gasteiger partial charge in [0.05, 0.1) is 16.7 Å². The lowest BCUT2D eigenvalue weighted by Crippen LogP contribution is -2.26. The molecule has 0 saturated carbocycles. The zero-order valence-corrected chi connectivity index (χ0v) is 13.1. The van der Waals surface area contributed by atoms with Crippen molar-refractivity contribution in [1.29, 1.82) is 0 Å². The van der Waals surface area contributed by atoms with Crippen molar-refractivity contribution in [3.05, 3.63) is 45.9 Å². The molecule has 0 bridgehead atoms. The third-order valence-corrected chi connectivity index (χ3v) is 4.28. The molecule has 2 rings (SSSR count). The molecule has 2 aromatic rings. The van der Waals surface area contributed by atoms with E-state index in [-0.39, 0.29) is 11.9 Å². The molecule has 1 aromatic heterocycles. The van der Waals surface area contributed by atoms with Crippen LogP contribution < -0.4 is 5.32 Å². The fourth-order valence-electron chi connectivity index (χ4n) is 1.72. The summed E-state index contributed by atoms with van der Waals surface area (Å²) in [6.45, 7) is 3.76. The highest BCUT2D eigenvalue weighted by Crippen LogP contribution is 2.25. The molecule has 1 atom stereocenters. The summed E-state index contributed by atoms with van der Waals surface area (Å²) >= 11 is 1.99. The average molecular weight is 328 g/mol. The van der Waals surface area contributed by atoms with Crippen molar-refractivity contribution in [2.75, 3.05) is 0 Å². The van der Waals surface area contributed by atoms with Crippen molar-refractivity contribution in [2.24, 2.45) is 0 Å². The molecule has 0 spiro atoms. The van der Waals surface area contributed by atoms with Gasteiger partial charge >= 0.3 is 0 Å². The minimum absolute atomic E-state index is 0.197. The van der Waals surface area contributed by atoms with Gasteiger partial charge in [-0.2, -0.15) is 8.78 Å². The second-order valence-electron chi connectivity index (χ2n) is 4.39. The maximum atomic E-state index is 12.2. The number of nitrogens with one attached hydrogen (secondary N) is 1. The number of thiazole rings is 1. The van der Waals surface area contributed by atoms with Crippen molar-refractivity contribution >= 4 is 29.0 Å². The normalized spacial score (nSPS) is 12.4. The smallest absolute Gasteiger partial charge is 0.288 e. The zero-order chi connectivity index (χ0) is 15.4. The van der Waals surface area contributed by atoms with Gasteiger partial charge in [0.15, 0.2) is 0 Å². The Morgan fingerprint density at radius 1 is 1.33 bits per heavy atom. The van der Waals surface area contributed by atoms with E-state index in [0.717, 1.165) is 10.7 Å². The topological polar surface area (TPSA) is 42.0 Å². The third-order valence-electron chi connectivity index (χ3n) is 2.77. The Labute approximate surface area is 129 Å². The van der Waals surface area contributed by atoms with Gasteiger partial charge in [-0.3, -0.25) is 4.79 Å². The number of aromatic nitrogens is 1. The fraction of sp³-hybridized carbons (Fsp3) is 0.286. The lowest BCUT2D eigenvalue weighted by Gasteiger charge is -2.12. The number of nitrogens with zero attached hydrogens (tertiary/aromatic N) is 1. The number of carbonyl (C=O) groups excluding carboxylic acids is 1. The molecule has 1 N–H and O–H groups in total. The number of alkyl halides is 2. The Balaban J connectivity index is 1.99. The number of carbonyl (C=O) groups is 1. The Bertz CT molecular complexity index is 614. The molecule has 7 heteroatoms. The summed E-state index contributed by atoms with van der Waals surface area (Å²) in [5.41, 5.74) is 1.25. The molecule has 0 aliphatic carbocycles. The zero-order valence-electron chi connectivity index (χ0n) is 11.5. The molecular formula is C14H14F2N2OS2. The van der Waals surface area contributed by atoms with E-state index in [0.29, 0.717) is 22.2 Å². The molecule has 1 amide bonds. The third kappa shape index (κ3) is 4.50. The minimum atomic E-state index is -2.46. The molecule has 0 radical (unpaired) electrons. The van der Waals surface area contributed by atoms with Crippen LogP contribution in [0.3, 0.4) is 0 Å². The number of aryl methyl sites for hydroxylation is 1. The quantitative estimate of drug-likeness (QED) is 0.834. The standard InChI is InChI=1S/C14H14F2N2OS2/c1-8(12-7-20-9(2)18-12)17-13(19)10-3-5-11(6-4-10)21-14(15)16/h3-8,14H,1-2H3,(H,17,19). The van der Waals surface area contributed by atoms with Gasteiger partial charge in [0.2, 0.25) is 0 Å². The van der Waals surface area contributed by atoms with E-state index in [2.05, 4.69) is 10.3 Å². The van der Waals surface area contributed by atoms with Gasteiger partial charge in [0, 0.05) is 15.8 Å². The monoisotopic (exact) mass is 328 g/mol. The van der Waals surface area contributed by atoms with E-state index in [4.69, 9.17) is 0 Å². The van der Waals surface area contributed by atoms with Crippen LogP contribution in [0.1, 0.15) is 34.0 Å². The van der Waals surface area contributed by atoms with Gasteiger partial charge in [0.1, 0.15) is 0 Å². The summed E-state index contributed by atoms with van der Waals surface area (Å²) in [7, 11) is 0. The van der Waals surface area contributed by atoms with Crippen LogP contribution in [-0.2, 0) is 0 Å². The van der Waals surface area contributed by atoms with E-state index in [1.165, 1.54) is 23.5 Å². The first-order valence-corrected chi connectivity index (χ1v) is 7.99. The molecule has 0 aliphatic rings. The van der Waals surface area contributed by atoms with Crippen LogP contribution in [-0.4, -0.2) is 16.6 Å². The summed E-state index contributed by atoms with van der Waals surface area (Å²) < 4.78 is 24.4. The van der Waals surface area contributed by atoms with Crippen LogP contribution in [0.5, 0.6) is 0 Å². The maximum Gasteiger partial charge on any atom is 0.288 e. The fourth-order valence-corrected chi connectivity index (χ4v) is 2.93. The van der Waals surface area contributed by atoms with E-state index in [1.807, 2.05) is 19.2 Å². The Morgan fingerprint density at radius 2 is 2.00 bits per heavy atom. The summed E-state index contributed by atoms with van der Waals surface area (Å²) in [4.78, 5) is 16.8. The molecule has 112 valence electrons. The van der Waals surface area contributed by atoms with Crippen molar-refractivity contribution in [1.82, 2.24) is 10.3 Å². The lowest BCUT2D eigenvalue weighted by atomic mass is 10.2. The number of thioether (sulfide) groups is 1. The molecule has 21 heavy (non-hydrogen) atoms. The number of amides is 1. The SMILES string of the molecule is Cc1nc(C(C)NC(=O)c2ccc(SC(F)F)cc2)cs1. The summed E-state index contributed by atoms with van der Waals surface area (Å²) in [6, 6.07) is 5.92. The van der Waals surface area contributed by atoms with Crippen LogP contribution in [0.15, 0.2) is 34.5 Å². The number of halogens is 2. The highest BCUT2D eigenvalue weighted by atomic mass is 32.2. The van der Waals surface area contributed by atoms with Crippen LogP contribution in [0.2, 0.25) is 0 Å². The lowest BCUT2D eigenvalue weighted by molar-refractivity contribution is 0.0939. The van der Waals surface area contributed by atoms with Crippen molar-refractivity contribution in [3.8, 4) is 0 Å². The van der Waals surface area contributed by atoms with E-state index in [9.17, 15) is 13.6 Å². The van der Waals surface area contributed by atoms with E-state index >= 15 is 0 Å². The summed E-state index contributed by atoms with van der Waals surface area (Å²) in [5, 5.41) is 5.69. The summed E-state index contributed by atoms with van der Waals surface area (Å²) in [5.74, 6) is -2.71. The highest BCUT2D eigenvalue weighted by Gasteiger charge is 2.14. The first-order chi connectivity index (χ1) is 9.95. The van der Waals surface area contributed by atoms with Crippen LogP contribution in [0.25, 0.3) is 0 Å². The average Bonchev–Trinajstić information content (AvgIpc) is 2.85. The second kappa shape index (κ2) is 7.00. The number of hydrogen-bond donors (Lipinski definition) is 1. The first kappa shape index (κ1) is 15.9. The predicted octanol–water partition coefficient (Wildman–Crippen LogP) is 4.26. The van der Waals surface area contributed by atoms with Crippen LogP contribution >= 0.6 is 23.1 Å². The molecule has 0 fully saturated rings. The Kier molecular flexibility index (Phi) is 5.30. The van der Waals surface area contributed by atoms with E-state index < -0.39 is 5.76 Å². The maximum absolute atomic E-state index is 12.2. The molecular weight excluding hydrogens is 314 g/mol. The molecule has 1 unspecified atom stereocenters. The van der Waals surface area contributed by atoms with Gasteiger partial charge in [-0.1, -0.05) is 11.8 Å². The van der Waals surface area contributed by atoms with Crippen molar-refractivity contribution in [3.63, 3.8) is 0 Å². The second-order valence-corrected chi connectivity index (χ2v) is 6.52. The van der Waals surface area contributed by atoms with Crippen molar-refractivity contribution in [2.45, 2.75) is 30.5 Å². The molecule has 1 aromatic carbocycles. The van der Waals surface area contributed by atoms with Gasteiger partial charge in [-0.05, 0) is 38.1 Å². The van der Waals surface area contributed by atoms with Crippen molar-refractivity contribution < 1.29 is 13.6 Å². The van der Waals surface area contributed by atoms with Gasteiger partial charge in [-0.25, -0.2) is 4.98 Å². The number of benzene rings is 1. The highest BCUT2D eigenvalue weighted by molar-refractivity contribution is 7.99. The van der Waals surface area contributed by atoms with Gasteiger partial charge in [-0.15, -0.1) is 11.3 Å².